The van der Waals surface area contributed by atoms with Crippen molar-refractivity contribution in [1.29, 1.82) is 0 Å². The van der Waals surface area contributed by atoms with E-state index < -0.39 is 0 Å². The minimum Gasteiger partial charge on any atom is -0.359 e. The van der Waals surface area contributed by atoms with E-state index in [0.717, 1.165) is 79.6 Å². The lowest BCUT2D eigenvalue weighted by atomic mass is 9.84. The number of aromatic nitrogens is 2. The molecular weight excluding hydrogens is 825 g/mol. The lowest BCUT2D eigenvalue weighted by molar-refractivity contribution is 0.743. The molecule has 8 aromatic carbocycles. The van der Waals surface area contributed by atoms with E-state index in [0.29, 0.717) is 0 Å². The molecule has 0 bridgehead atoms. The van der Waals surface area contributed by atoms with Gasteiger partial charge in [-0.15, -0.1) is 0 Å². The minimum absolute atomic E-state index is 0.196. The second-order valence-corrected chi connectivity index (χ2v) is 18.1. The predicted octanol–water partition coefficient (Wildman–Crippen LogP) is 16.3. The van der Waals surface area contributed by atoms with Gasteiger partial charge in [0.2, 0.25) is 0 Å². The van der Waals surface area contributed by atoms with Gasteiger partial charge in [0.05, 0.1) is 22.8 Å². The summed E-state index contributed by atoms with van der Waals surface area (Å²) in [5.74, 6) is 0.913. The highest BCUT2D eigenvalue weighted by Crippen LogP contribution is 2.47. The van der Waals surface area contributed by atoms with Gasteiger partial charge in [-0.3, -0.25) is 9.97 Å². The fourth-order valence-electron chi connectivity index (χ4n) is 10.4. The standard InChI is InChI=1S/C64H48N4/c1-41-35-51(29-31-54(41)56-27-11-19-45-25-13-33-65-60(45)56)62-59-40-53(49-23-9-21-47(37-49)43-15-5-3-6-16-43)39-58(50-24-10-22-48(38-50)44-17-7-4-8-18-44)63(59)68-64(67-62)52-30-32-55(42(2)36-52)57-28-12-20-46-26-14-34-66-61(46)57/h3-29,31,33-40,62H,30,32H2,1-2H3,(H,67,68). The third kappa shape index (κ3) is 7.60. The SMILES string of the molecule is CC1=C(c2cccc3cccnc23)CCC(C2=Nc3c(-c4cccc(-c5ccccc5)c4)cc(-c4cccc(-c5ccccc5)c4)cc3C(c3ccc(-c4cccc5cccnc45)c(C)c3)N2)=C1. The topological polar surface area (TPSA) is 50.2 Å². The molecule has 1 aliphatic carbocycles. The Morgan fingerprint density at radius 1 is 0.441 bits per heavy atom. The molecule has 0 saturated carbocycles. The van der Waals surface area contributed by atoms with Gasteiger partial charge in [0, 0.05) is 45.4 Å². The Labute approximate surface area is 397 Å². The molecule has 1 N–H and O–H groups in total. The average molecular weight is 873 g/mol. The van der Waals surface area contributed by atoms with Crippen LogP contribution in [0.5, 0.6) is 0 Å². The summed E-state index contributed by atoms with van der Waals surface area (Å²) in [6.07, 6.45) is 7.88. The molecule has 4 nitrogen and oxygen atoms in total. The first-order chi connectivity index (χ1) is 33.5. The van der Waals surface area contributed by atoms with Crippen LogP contribution >= 0.6 is 0 Å². The molecular formula is C64H48N4. The van der Waals surface area contributed by atoms with Crippen LogP contribution in [0.3, 0.4) is 0 Å². The number of amidine groups is 1. The van der Waals surface area contributed by atoms with E-state index in [2.05, 4.69) is 213 Å². The van der Waals surface area contributed by atoms with Gasteiger partial charge in [-0.1, -0.05) is 170 Å². The van der Waals surface area contributed by atoms with Crippen LogP contribution in [0.4, 0.5) is 5.69 Å². The van der Waals surface area contributed by atoms with Gasteiger partial charge >= 0.3 is 0 Å². The van der Waals surface area contributed by atoms with Gasteiger partial charge in [0.15, 0.2) is 0 Å². The Bertz CT molecular complexity index is 3660. The number of fused-ring (bicyclic) bond motifs is 3. The summed E-state index contributed by atoms with van der Waals surface area (Å²) >= 11 is 0. The number of benzene rings is 8. The summed E-state index contributed by atoms with van der Waals surface area (Å²) in [5, 5.41) is 6.38. The van der Waals surface area contributed by atoms with Crippen molar-refractivity contribution in [3.05, 3.63) is 252 Å². The number of aryl methyl sites for hydroxylation is 1. The molecule has 2 aliphatic rings. The maximum absolute atomic E-state index is 5.72. The Morgan fingerprint density at radius 2 is 1.01 bits per heavy atom. The third-order valence-corrected chi connectivity index (χ3v) is 13.8. The molecule has 0 radical (unpaired) electrons. The van der Waals surface area contributed by atoms with Crippen molar-refractivity contribution in [2.24, 2.45) is 4.99 Å². The average Bonchev–Trinajstić information content (AvgIpc) is 3.40. The summed E-state index contributed by atoms with van der Waals surface area (Å²) in [6, 6.07) is 72.0. The molecule has 0 fully saturated rings. The van der Waals surface area contributed by atoms with Crippen molar-refractivity contribution in [3.8, 4) is 55.6 Å². The first kappa shape index (κ1) is 41.0. The Morgan fingerprint density at radius 3 is 1.68 bits per heavy atom. The van der Waals surface area contributed by atoms with Crippen molar-refractivity contribution in [1.82, 2.24) is 15.3 Å². The fourth-order valence-corrected chi connectivity index (χ4v) is 10.4. The zero-order valence-corrected chi connectivity index (χ0v) is 38.1. The highest BCUT2D eigenvalue weighted by atomic mass is 15.1. The van der Waals surface area contributed by atoms with Crippen molar-refractivity contribution in [2.45, 2.75) is 32.7 Å². The number of rotatable bonds is 8. The molecule has 2 aromatic heterocycles. The molecule has 4 heteroatoms. The Hall–Kier alpha value is -8.47. The Kier molecular flexibility index (Phi) is 10.5. The van der Waals surface area contributed by atoms with E-state index in [-0.39, 0.29) is 6.04 Å². The van der Waals surface area contributed by atoms with Gasteiger partial charge in [-0.25, -0.2) is 4.99 Å². The molecule has 0 saturated heterocycles. The number of allylic oxidation sites excluding steroid dienone is 3. The number of nitrogens with one attached hydrogen (secondary N) is 1. The highest BCUT2D eigenvalue weighted by molar-refractivity contribution is 6.06. The second kappa shape index (κ2) is 17.4. The van der Waals surface area contributed by atoms with E-state index >= 15 is 0 Å². The highest BCUT2D eigenvalue weighted by Gasteiger charge is 2.30. The monoisotopic (exact) mass is 872 g/mol. The number of para-hydroxylation sites is 2. The molecule has 1 unspecified atom stereocenters. The van der Waals surface area contributed by atoms with E-state index in [1.54, 1.807) is 0 Å². The third-order valence-electron chi connectivity index (χ3n) is 13.8. The van der Waals surface area contributed by atoms with E-state index in [4.69, 9.17) is 15.0 Å². The summed E-state index contributed by atoms with van der Waals surface area (Å²) in [6.45, 7) is 4.47. The normalized spacial score (nSPS) is 14.6. The molecule has 1 aliphatic heterocycles. The van der Waals surface area contributed by atoms with E-state index in [9.17, 15) is 0 Å². The van der Waals surface area contributed by atoms with Gasteiger partial charge in [-0.05, 0) is 135 Å². The minimum atomic E-state index is -0.196. The zero-order valence-electron chi connectivity index (χ0n) is 38.1. The summed E-state index contributed by atoms with van der Waals surface area (Å²) < 4.78 is 0. The summed E-state index contributed by atoms with van der Waals surface area (Å²) in [4.78, 5) is 15.4. The van der Waals surface area contributed by atoms with E-state index in [1.807, 2.05) is 24.5 Å². The quantitative estimate of drug-likeness (QED) is 0.165. The number of aliphatic imine (C=N–C) groups is 1. The van der Waals surface area contributed by atoms with Crippen LogP contribution in [0.15, 0.2) is 235 Å². The summed E-state index contributed by atoms with van der Waals surface area (Å²) in [7, 11) is 0. The lowest BCUT2D eigenvalue weighted by Gasteiger charge is -2.32. The van der Waals surface area contributed by atoms with Crippen LogP contribution < -0.4 is 5.32 Å². The number of hydrogen-bond acceptors (Lipinski definition) is 4. The molecule has 1 atom stereocenters. The first-order valence-electron chi connectivity index (χ1n) is 23.6. The van der Waals surface area contributed by atoms with Crippen molar-refractivity contribution < 1.29 is 0 Å². The number of hydrogen-bond donors (Lipinski definition) is 1. The van der Waals surface area contributed by atoms with Crippen molar-refractivity contribution in [2.75, 3.05) is 0 Å². The molecule has 0 spiro atoms. The molecule has 68 heavy (non-hydrogen) atoms. The molecule has 0 amide bonds. The molecule has 12 rings (SSSR count). The van der Waals surface area contributed by atoms with Crippen LogP contribution in [0, 0.1) is 6.92 Å². The predicted molar refractivity (Wildman–Crippen MR) is 284 cm³/mol. The first-order valence-corrected chi connectivity index (χ1v) is 23.6. The maximum Gasteiger partial charge on any atom is 0.130 e. The van der Waals surface area contributed by atoms with Crippen molar-refractivity contribution >= 4 is 38.9 Å². The number of nitrogens with zero attached hydrogens (tertiary/aromatic N) is 3. The van der Waals surface area contributed by atoms with Crippen LogP contribution in [0.25, 0.3) is 83.0 Å². The second-order valence-electron chi connectivity index (χ2n) is 18.1. The summed E-state index contributed by atoms with van der Waals surface area (Å²) in [5.41, 5.74) is 23.1. The van der Waals surface area contributed by atoms with Gasteiger partial charge < -0.3 is 5.32 Å². The van der Waals surface area contributed by atoms with Crippen LogP contribution in [0.2, 0.25) is 0 Å². The van der Waals surface area contributed by atoms with Gasteiger partial charge in [-0.2, -0.15) is 0 Å². The Balaban J connectivity index is 1.06. The van der Waals surface area contributed by atoms with Gasteiger partial charge in [0.25, 0.3) is 0 Å². The fraction of sp³-hybridized carbons (Fsp3) is 0.0781. The molecule has 324 valence electrons. The van der Waals surface area contributed by atoms with Gasteiger partial charge in [0.1, 0.15) is 5.84 Å². The van der Waals surface area contributed by atoms with Crippen LogP contribution in [-0.2, 0) is 0 Å². The maximum atomic E-state index is 5.72. The smallest absolute Gasteiger partial charge is 0.130 e. The van der Waals surface area contributed by atoms with Crippen molar-refractivity contribution in [3.63, 3.8) is 0 Å². The molecule has 3 heterocycles. The van der Waals surface area contributed by atoms with Crippen LogP contribution in [0.1, 0.15) is 48.1 Å². The molecule has 10 aromatic rings. The lowest BCUT2D eigenvalue weighted by Crippen LogP contribution is -2.34. The largest absolute Gasteiger partial charge is 0.359 e. The number of pyridine rings is 2. The zero-order chi connectivity index (χ0) is 45.6. The van der Waals surface area contributed by atoms with E-state index in [1.165, 1.54) is 61.2 Å². The van der Waals surface area contributed by atoms with Crippen LogP contribution in [-0.4, -0.2) is 15.8 Å².